The largest absolute Gasteiger partial charge is 0.391 e. The van der Waals surface area contributed by atoms with Gasteiger partial charge in [-0.05, 0) is 31.0 Å². The van der Waals surface area contributed by atoms with E-state index in [9.17, 15) is 9.90 Å². The molecule has 4 heteroatoms. The summed E-state index contributed by atoms with van der Waals surface area (Å²) in [5.74, 6) is -0.0801. The number of amides is 1. The molecule has 98 valence electrons. The third kappa shape index (κ3) is 2.85. The molecular weight excluding hydrogens is 250 g/mol. The number of nitrogens with zero attached hydrogens (tertiary/aromatic N) is 1. The van der Waals surface area contributed by atoms with Gasteiger partial charge >= 0.3 is 0 Å². The zero-order valence-electron chi connectivity index (χ0n) is 10.5. The molecule has 0 radical (unpaired) electrons. The molecule has 1 saturated carbocycles. The Morgan fingerprint density at radius 1 is 1.39 bits per heavy atom. The Morgan fingerprint density at radius 2 is 2.11 bits per heavy atom. The second kappa shape index (κ2) is 5.72. The first-order chi connectivity index (χ1) is 8.59. The summed E-state index contributed by atoms with van der Waals surface area (Å²) < 4.78 is 0. The Bertz CT molecular complexity index is 436. The van der Waals surface area contributed by atoms with Gasteiger partial charge in [-0.25, -0.2) is 0 Å². The molecule has 3 nitrogen and oxygen atoms in total. The zero-order chi connectivity index (χ0) is 13.1. The molecule has 2 rings (SSSR count). The zero-order valence-corrected chi connectivity index (χ0v) is 11.2. The van der Waals surface area contributed by atoms with Gasteiger partial charge in [-0.15, -0.1) is 0 Å². The summed E-state index contributed by atoms with van der Waals surface area (Å²) in [5.41, 5.74) is 0.572. The minimum absolute atomic E-state index is 0.0785. The summed E-state index contributed by atoms with van der Waals surface area (Å²) in [6, 6.07) is 6.84. The topological polar surface area (TPSA) is 40.5 Å². The fourth-order valence-electron chi connectivity index (χ4n) is 2.52. The lowest BCUT2D eigenvalue weighted by molar-refractivity contribution is 0.0268. The van der Waals surface area contributed by atoms with Gasteiger partial charge in [0.1, 0.15) is 0 Å². The maximum absolute atomic E-state index is 12.3. The first kappa shape index (κ1) is 13.4. The average Bonchev–Trinajstić information content (AvgIpc) is 2.37. The third-order valence-electron chi connectivity index (χ3n) is 3.58. The van der Waals surface area contributed by atoms with E-state index in [1.165, 1.54) is 0 Å². The van der Waals surface area contributed by atoms with Gasteiger partial charge in [0, 0.05) is 17.6 Å². The minimum atomic E-state index is -0.410. The van der Waals surface area contributed by atoms with Crippen LogP contribution in [0.4, 0.5) is 0 Å². The van der Waals surface area contributed by atoms with Crippen molar-refractivity contribution in [1.29, 1.82) is 0 Å². The Morgan fingerprint density at radius 3 is 2.78 bits per heavy atom. The minimum Gasteiger partial charge on any atom is -0.391 e. The predicted molar refractivity (Wildman–Crippen MR) is 71.8 cm³/mol. The van der Waals surface area contributed by atoms with Crippen LogP contribution in [-0.4, -0.2) is 35.1 Å². The van der Waals surface area contributed by atoms with E-state index >= 15 is 0 Å². The second-order valence-electron chi connectivity index (χ2n) is 4.85. The van der Waals surface area contributed by atoms with E-state index in [0.717, 1.165) is 25.7 Å². The smallest absolute Gasteiger partial charge is 0.253 e. The van der Waals surface area contributed by atoms with Crippen molar-refractivity contribution in [3.8, 4) is 0 Å². The molecule has 1 aliphatic carbocycles. The first-order valence-corrected chi connectivity index (χ1v) is 6.68. The molecule has 1 fully saturated rings. The predicted octanol–water partition coefficient (Wildman–Crippen LogP) is 2.72. The SMILES string of the molecule is CN(C(=O)c1cccc(Cl)c1)C1CCCCC1O. The number of hydrogen-bond acceptors (Lipinski definition) is 2. The molecule has 0 spiro atoms. The van der Waals surface area contributed by atoms with Crippen LogP contribution in [0.3, 0.4) is 0 Å². The van der Waals surface area contributed by atoms with Crippen LogP contribution < -0.4 is 0 Å². The van der Waals surface area contributed by atoms with Crippen LogP contribution >= 0.6 is 11.6 Å². The number of aliphatic hydroxyl groups is 1. The fourth-order valence-corrected chi connectivity index (χ4v) is 2.71. The normalized spacial score (nSPS) is 23.7. The molecule has 2 unspecified atom stereocenters. The summed E-state index contributed by atoms with van der Waals surface area (Å²) in [4.78, 5) is 13.9. The third-order valence-corrected chi connectivity index (χ3v) is 3.82. The van der Waals surface area contributed by atoms with Crippen LogP contribution in [0, 0.1) is 0 Å². The number of hydrogen-bond donors (Lipinski definition) is 1. The highest BCUT2D eigenvalue weighted by atomic mass is 35.5. The Hall–Kier alpha value is -1.06. The van der Waals surface area contributed by atoms with Crippen LogP contribution in [0.5, 0.6) is 0 Å². The number of aliphatic hydroxyl groups excluding tert-OH is 1. The summed E-state index contributed by atoms with van der Waals surface area (Å²) in [7, 11) is 1.75. The van der Waals surface area contributed by atoms with Crippen molar-refractivity contribution in [3.63, 3.8) is 0 Å². The molecule has 1 aliphatic rings. The van der Waals surface area contributed by atoms with E-state index in [4.69, 9.17) is 11.6 Å². The van der Waals surface area contributed by atoms with Crippen LogP contribution in [-0.2, 0) is 0 Å². The van der Waals surface area contributed by atoms with Crippen LogP contribution in [0.25, 0.3) is 0 Å². The summed E-state index contributed by atoms with van der Waals surface area (Å²) in [6.45, 7) is 0. The molecule has 1 N–H and O–H groups in total. The quantitative estimate of drug-likeness (QED) is 0.895. The van der Waals surface area contributed by atoms with Crippen molar-refractivity contribution in [2.75, 3.05) is 7.05 Å². The molecule has 2 atom stereocenters. The van der Waals surface area contributed by atoms with E-state index in [0.29, 0.717) is 10.6 Å². The lowest BCUT2D eigenvalue weighted by atomic mass is 9.91. The molecular formula is C14H18ClNO2. The first-order valence-electron chi connectivity index (χ1n) is 6.30. The molecule has 1 aromatic rings. The fraction of sp³-hybridized carbons (Fsp3) is 0.500. The molecule has 18 heavy (non-hydrogen) atoms. The van der Waals surface area contributed by atoms with Gasteiger partial charge < -0.3 is 10.0 Å². The monoisotopic (exact) mass is 267 g/mol. The van der Waals surface area contributed by atoms with E-state index in [-0.39, 0.29) is 11.9 Å². The lowest BCUT2D eigenvalue weighted by Gasteiger charge is -2.35. The molecule has 0 heterocycles. The van der Waals surface area contributed by atoms with Gasteiger partial charge in [-0.1, -0.05) is 30.5 Å². The Kier molecular flexibility index (Phi) is 4.25. The average molecular weight is 268 g/mol. The molecule has 1 aromatic carbocycles. The van der Waals surface area contributed by atoms with Crippen LogP contribution in [0.2, 0.25) is 5.02 Å². The van der Waals surface area contributed by atoms with Crippen LogP contribution in [0.1, 0.15) is 36.0 Å². The van der Waals surface area contributed by atoms with Crippen molar-refractivity contribution in [1.82, 2.24) is 4.90 Å². The summed E-state index contributed by atoms with van der Waals surface area (Å²) in [6.07, 6.45) is 3.33. The second-order valence-corrected chi connectivity index (χ2v) is 5.28. The maximum atomic E-state index is 12.3. The Labute approximate surface area is 112 Å². The molecule has 0 aromatic heterocycles. The molecule has 0 bridgehead atoms. The maximum Gasteiger partial charge on any atom is 0.253 e. The molecule has 0 aliphatic heterocycles. The summed E-state index contributed by atoms with van der Waals surface area (Å²) >= 11 is 5.89. The number of carbonyl (C=O) groups excluding carboxylic acids is 1. The van der Waals surface area contributed by atoms with E-state index in [1.807, 2.05) is 0 Å². The Balaban J connectivity index is 2.13. The number of halogens is 1. The highest BCUT2D eigenvalue weighted by Gasteiger charge is 2.29. The standard InChI is InChI=1S/C14H18ClNO2/c1-16(12-7-2-3-8-13(12)17)14(18)10-5-4-6-11(15)9-10/h4-6,9,12-13,17H,2-3,7-8H2,1H3. The van der Waals surface area contributed by atoms with Crippen molar-refractivity contribution in [2.45, 2.75) is 37.8 Å². The number of benzene rings is 1. The highest BCUT2D eigenvalue weighted by Crippen LogP contribution is 2.24. The molecule has 1 amide bonds. The van der Waals surface area contributed by atoms with Gasteiger partial charge in [0.25, 0.3) is 5.91 Å². The lowest BCUT2D eigenvalue weighted by Crippen LogP contribution is -2.46. The number of rotatable bonds is 2. The van der Waals surface area contributed by atoms with E-state index < -0.39 is 6.10 Å². The van der Waals surface area contributed by atoms with Crippen molar-refractivity contribution in [2.24, 2.45) is 0 Å². The number of carbonyl (C=O) groups is 1. The van der Waals surface area contributed by atoms with Crippen LogP contribution in [0.15, 0.2) is 24.3 Å². The van der Waals surface area contributed by atoms with Gasteiger partial charge in [0.15, 0.2) is 0 Å². The van der Waals surface area contributed by atoms with Gasteiger partial charge in [0.05, 0.1) is 12.1 Å². The van der Waals surface area contributed by atoms with Gasteiger partial charge in [0.2, 0.25) is 0 Å². The highest BCUT2D eigenvalue weighted by molar-refractivity contribution is 6.30. The summed E-state index contributed by atoms with van der Waals surface area (Å²) in [5, 5.41) is 10.5. The van der Waals surface area contributed by atoms with E-state index in [2.05, 4.69) is 0 Å². The van der Waals surface area contributed by atoms with Crippen molar-refractivity contribution >= 4 is 17.5 Å². The van der Waals surface area contributed by atoms with Crippen molar-refractivity contribution in [3.05, 3.63) is 34.9 Å². The van der Waals surface area contributed by atoms with E-state index in [1.54, 1.807) is 36.2 Å². The number of likely N-dealkylation sites (N-methyl/N-ethyl adjacent to an activating group) is 1. The van der Waals surface area contributed by atoms with Crippen molar-refractivity contribution < 1.29 is 9.90 Å². The van der Waals surface area contributed by atoms with Gasteiger partial charge in [-0.3, -0.25) is 4.79 Å². The molecule has 0 saturated heterocycles. The van der Waals surface area contributed by atoms with Gasteiger partial charge in [-0.2, -0.15) is 0 Å².